The number of carbonyl (C=O) groups excluding carboxylic acids is 1. The van der Waals surface area contributed by atoms with E-state index in [0.29, 0.717) is 12.5 Å². The van der Waals surface area contributed by atoms with Crippen LogP contribution in [0.25, 0.3) is 0 Å². The van der Waals surface area contributed by atoms with Gasteiger partial charge < -0.3 is 14.5 Å². The monoisotopic (exact) mass is 455 g/mol. The number of aromatic nitrogens is 2. The van der Waals surface area contributed by atoms with Crippen LogP contribution in [0.15, 0.2) is 56.5 Å². The number of methoxy groups -OCH3 is 1. The van der Waals surface area contributed by atoms with Gasteiger partial charge in [0.1, 0.15) is 17.6 Å². The quantitative estimate of drug-likeness (QED) is 0.509. The topological polar surface area (TPSA) is 92.9 Å². The second-order valence-electron chi connectivity index (χ2n) is 7.33. The lowest BCUT2D eigenvalue weighted by atomic mass is 10.0. The summed E-state index contributed by atoms with van der Waals surface area (Å²) in [5.74, 6) is 1.63. The second kappa shape index (κ2) is 8.72. The van der Waals surface area contributed by atoms with E-state index in [2.05, 4.69) is 20.6 Å². The van der Waals surface area contributed by atoms with Gasteiger partial charge in [-0.15, -0.1) is 10.2 Å². The zero-order valence-corrected chi connectivity index (χ0v) is 18.5. The summed E-state index contributed by atoms with van der Waals surface area (Å²) in [5.41, 5.74) is 1.80. The molecule has 3 aromatic rings. The Kier molecular flexibility index (Phi) is 5.65. The molecule has 0 radical (unpaired) electrons. The summed E-state index contributed by atoms with van der Waals surface area (Å²) in [7, 11) is 1.63. The average Bonchev–Trinajstić information content (AvgIpc) is 3.20. The van der Waals surface area contributed by atoms with E-state index in [0.717, 1.165) is 32.3 Å². The maximum atomic E-state index is 13.1. The molecule has 8 nitrogen and oxygen atoms in total. The lowest BCUT2D eigenvalue weighted by molar-refractivity contribution is -0.130. The van der Waals surface area contributed by atoms with Gasteiger partial charge in [-0.1, -0.05) is 23.1 Å². The molecule has 31 heavy (non-hydrogen) atoms. The van der Waals surface area contributed by atoms with Crippen LogP contribution in [-0.2, 0) is 4.79 Å². The molecule has 1 saturated carbocycles. The zero-order valence-electron chi connectivity index (χ0n) is 16.9. The molecule has 1 N–H and O–H groups in total. The maximum Gasteiger partial charge on any atom is 0.253 e. The Bertz CT molecular complexity index is 1080. The number of carbonyl (C=O) groups is 1. The molecule has 0 saturated heterocycles. The SMILES string of the molecule is COc1ccc(C2=NN(C(=O)CSc3nnc(NC4CC4)s3)C(c3ccco3)C2)cc1. The van der Waals surface area contributed by atoms with E-state index in [1.807, 2.05) is 36.4 Å². The second-order valence-corrected chi connectivity index (χ2v) is 9.53. The summed E-state index contributed by atoms with van der Waals surface area (Å²) in [6, 6.07) is 11.7. The van der Waals surface area contributed by atoms with Crippen LogP contribution in [0.2, 0.25) is 0 Å². The standard InChI is InChI=1S/C21H21N5O3S2/c1-28-15-8-4-13(5-9-15)16-11-17(18-3-2-10-29-18)26(25-16)19(27)12-30-21-24-23-20(31-21)22-14-6-7-14/h2-5,8-10,14,17H,6-7,11-12H2,1H3,(H,22,23). The van der Waals surface area contributed by atoms with Crippen molar-refractivity contribution in [2.24, 2.45) is 5.10 Å². The Balaban J connectivity index is 1.30. The van der Waals surface area contributed by atoms with Gasteiger partial charge in [-0.25, -0.2) is 5.01 Å². The Morgan fingerprint density at radius 3 is 2.84 bits per heavy atom. The van der Waals surface area contributed by atoms with Gasteiger partial charge in [-0.05, 0) is 54.8 Å². The average molecular weight is 456 g/mol. The maximum absolute atomic E-state index is 13.1. The molecule has 0 spiro atoms. The van der Waals surface area contributed by atoms with E-state index in [1.165, 1.54) is 40.9 Å². The first kappa shape index (κ1) is 20.1. The molecular formula is C21H21N5O3S2. The van der Waals surface area contributed by atoms with Gasteiger partial charge in [0.05, 0.1) is 24.8 Å². The third-order valence-corrected chi connectivity index (χ3v) is 7.06. The lowest BCUT2D eigenvalue weighted by Gasteiger charge is -2.19. The van der Waals surface area contributed by atoms with E-state index >= 15 is 0 Å². The van der Waals surface area contributed by atoms with E-state index in [1.54, 1.807) is 13.4 Å². The van der Waals surface area contributed by atoms with Gasteiger partial charge in [0, 0.05) is 12.5 Å². The molecule has 0 bridgehead atoms. The van der Waals surface area contributed by atoms with E-state index < -0.39 is 0 Å². The Hall–Kier alpha value is -2.85. The van der Waals surface area contributed by atoms with Crippen LogP contribution in [0.1, 0.15) is 36.6 Å². The van der Waals surface area contributed by atoms with Crippen LogP contribution in [0.5, 0.6) is 5.75 Å². The largest absolute Gasteiger partial charge is 0.497 e. The van der Waals surface area contributed by atoms with Gasteiger partial charge in [0.15, 0.2) is 4.34 Å². The third kappa shape index (κ3) is 4.59. The molecular weight excluding hydrogens is 434 g/mol. The minimum Gasteiger partial charge on any atom is -0.497 e. The first-order valence-electron chi connectivity index (χ1n) is 10.00. The number of rotatable bonds is 8. The Morgan fingerprint density at radius 2 is 2.13 bits per heavy atom. The number of ether oxygens (including phenoxy) is 1. The number of amides is 1. The van der Waals surface area contributed by atoms with Crippen molar-refractivity contribution in [3.63, 3.8) is 0 Å². The molecule has 2 aliphatic rings. The number of nitrogens with one attached hydrogen (secondary N) is 1. The van der Waals surface area contributed by atoms with Gasteiger partial charge in [0.25, 0.3) is 5.91 Å². The molecule has 3 heterocycles. The fraction of sp³-hybridized carbons (Fsp3) is 0.333. The van der Waals surface area contributed by atoms with Crippen LogP contribution in [0, 0.1) is 0 Å². The molecule has 10 heteroatoms. The van der Waals surface area contributed by atoms with Gasteiger partial charge in [-0.3, -0.25) is 4.79 Å². The summed E-state index contributed by atoms with van der Waals surface area (Å²) in [4.78, 5) is 13.1. The fourth-order valence-electron chi connectivity index (χ4n) is 3.32. The van der Waals surface area contributed by atoms with Crippen molar-refractivity contribution in [2.45, 2.75) is 35.7 Å². The van der Waals surface area contributed by atoms with Crippen molar-refractivity contribution in [3.05, 3.63) is 54.0 Å². The summed E-state index contributed by atoms with van der Waals surface area (Å²) in [5, 5.41) is 18.7. The minimum atomic E-state index is -0.262. The van der Waals surface area contributed by atoms with Crippen LogP contribution in [0.3, 0.4) is 0 Å². The number of hydrogen-bond acceptors (Lipinski definition) is 9. The third-order valence-electron chi connectivity index (χ3n) is 5.09. The van der Waals surface area contributed by atoms with E-state index in [9.17, 15) is 4.79 Å². The Morgan fingerprint density at radius 1 is 1.29 bits per heavy atom. The number of benzene rings is 1. The van der Waals surface area contributed by atoms with Crippen LogP contribution in [0.4, 0.5) is 5.13 Å². The fourth-order valence-corrected chi connectivity index (χ4v) is 5.00. The predicted octanol–water partition coefficient (Wildman–Crippen LogP) is 4.18. The molecule has 2 aromatic heterocycles. The van der Waals surface area contributed by atoms with Gasteiger partial charge in [-0.2, -0.15) is 5.10 Å². The summed E-state index contributed by atoms with van der Waals surface area (Å²) in [6.07, 6.45) is 4.56. The van der Waals surface area contributed by atoms with Crippen molar-refractivity contribution in [2.75, 3.05) is 18.2 Å². The lowest BCUT2D eigenvalue weighted by Crippen LogP contribution is -2.28. The number of hydrazone groups is 1. The van der Waals surface area contributed by atoms with Crippen molar-refractivity contribution in [3.8, 4) is 5.75 Å². The molecule has 1 amide bonds. The molecule has 1 unspecified atom stereocenters. The highest BCUT2D eigenvalue weighted by atomic mass is 32.2. The number of nitrogens with zero attached hydrogens (tertiary/aromatic N) is 4. The summed E-state index contributed by atoms with van der Waals surface area (Å²) >= 11 is 2.86. The molecule has 1 atom stereocenters. The van der Waals surface area contributed by atoms with Crippen molar-refractivity contribution >= 4 is 39.8 Å². The molecule has 1 fully saturated rings. The minimum absolute atomic E-state index is 0.0955. The summed E-state index contributed by atoms with van der Waals surface area (Å²) < 4.78 is 11.6. The zero-order chi connectivity index (χ0) is 21.2. The Labute approximate surface area is 187 Å². The smallest absolute Gasteiger partial charge is 0.253 e. The number of thioether (sulfide) groups is 1. The van der Waals surface area contributed by atoms with Gasteiger partial charge >= 0.3 is 0 Å². The highest BCUT2D eigenvalue weighted by molar-refractivity contribution is 8.01. The first-order valence-corrected chi connectivity index (χ1v) is 11.8. The highest BCUT2D eigenvalue weighted by Crippen LogP contribution is 2.35. The molecule has 5 rings (SSSR count). The highest BCUT2D eigenvalue weighted by Gasteiger charge is 2.35. The molecule has 160 valence electrons. The first-order chi connectivity index (χ1) is 15.2. The van der Waals surface area contributed by atoms with Gasteiger partial charge in [0.2, 0.25) is 5.13 Å². The molecule has 1 aromatic carbocycles. The van der Waals surface area contributed by atoms with Crippen molar-refractivity contribution < 1.29 is 13.9 Å². The van der Waals surface area contributed by atoms with Crippen LogP contribution >= 0.6 is 23.1 Å². The van der Waals surface area contributed by atoms with Crippen LogP contribution in [-0.4, -0.2) is 45.7 Å². The van der Waals surface area contributed by atoms with E-state index in [4.69, 9.17) is 9.15 Å². The molecule has 1 aliphatic carbocycles. The normalized spacial score (nSPS) is 18.2. The number of hydrogen-bond donors (Lipinski definition) is 1. The summed E-state index contributed by atoms with van der Waals surface area (Å²) in [6.45, 7) is 0. The van der Waals surface area contributed by atoms with Crippen LogP contribution < -0.4 is 10.1 Å². The molecule has 1 aliphatic heterocycles. The predicted molar refractivity (Wildman–Crippen MR) is 120 cm³/mol. The van der Waals surface area contributed by atoms with E-state index in [-0.39, 0.29) is 17.7 Å². The number of anilines is 1. The van der Waals surface area contributed by atoms with Crippen molar-refractivity contribution in [1.82, 2.24) is 15.2 Å². The van der Waals surface area contributed by atoms with Crippen molar-refractivity contribution in [1.29, 1.82) is 0 Å². The number of furan rings is 1.